The molecule has 7 nitrogen and oxygen atoms in total. The maximum atomic E-state index is 13.2. The molecule has 0 bridgehead atoms. The Kier molecular flexibility index (Phi) is 6.77. The van der Waals surface area contributed by atoms with Crippen molar-refractivity contribution in [3.05, 3.63) is 87.0 Å². The Morgan fingerprint density at radius 3 is 2.54 bits per heavy atom. The fourth-order valence-electron chi connectivity index (χ4n) is 5.39. The van der Waals surface area contributed by atoms with Gasteiger partial charge in [0.1, 0.15) is 0 Å². The zero-order valence-electron chi connectivity index (χ0n) is 20.9. The highest BCUT2D eigenvalue weighted by Crippen LogP contribution is 2.33. The number of hydrogen-bond donors (Lipinski definition) is 1. The Balaban J connectivity index is 1.54. The lowest BCUT2D eigenvalue weighted by Gasteiger charge is -2.31. The molecule has 2 aromatic heterocycles. The molecule has 2 aromatic carbocycles. The number of tetrazole rings is 1. The van der Waals surface area contributed by atoms with Crippen molar-refractivity contribution >= 4 is 10.9 Å². The monoisotopic (exact) mass is 470 g/mol. The molecule has 1 aliphatic rings. The smallest absolute Gasteiger partial charge is 0.252 e. The Morgan fingerprint density at radius 1 is 1.06 bits per heavy atom. The number of aryl methyl sites for hydroxylation is 2. The van der Waals surface area contributed by atoms with Crippen molar-refractivity contribution < 1.29 is 0 Å². The molecule has 1 aliphatic carbocycles. The molecule has 7 heteroatoms. The van der Waals surface area contributed by atoms with Crippen molar-refractivity contribution in [2.75, 3.05) is 0 Å². The molecular weight excluding hydrogens is 436 g/mol. The van der Waals surface area contributed by atoms with E-state index in [9.17, 15) is 4.79 Å². The Bertz CT molecular complexity index is 1350. The number of pyridine rings is 1. The standard InChI is InChI=1S/C28H34N6O/c1-4-26(27-30-31-32-34(27)24-12-8-9-13-24)33(17-21-10-6-5-7-11-21)18-23-16-22-14-19(2)20(3)15-25(22)29-28(23)35/h5-7,10-11,14-16,24,26H,4,8-9,12-13,17-18H2,1-3H3,(H,29,35). The van der Waals surface area contributed by atoms with Gasteiger partial charge in [-0.05, 0) is 83.8 Å². The molecule has 182 valence electrons. The van der Waals surface area contributed by atoms with Crippen LogP contribution >= 0.6 is 0 Å². The summed E-state index contributed by atoms with van der Waals surface area (Å²) in [5.74, 6) is 0.902. The van der Waals surface area contributed by atoms with E-state index < -0.39 is 0 Å². The molecule has 4 aromatic rings. The minimum atomic E-state index is -0.0379. The first kappa shape index (κ1) is 23.4. The topological polar surface area (TPSA) is 79.7 Å². The van der Waals surface area contributed by atoms with Gasteiger partial charge in [0, 0.05) is 24.2 Å². The van der Waals surface area contributed by atoms with Gasteiger partial charge in [0.15, 0.2) is 5.82 Å². The van der Waals surface area contributed by atoms with Gasteiger partial charge in [0.05, 0.1) is 12.1 Å². The van der Waals surface area contributed by atoms with Crippen molar-refractivity contribution in [1.82, 2.24) is 30.1 Å². The molecule has 1 N–H and O–H groups in total. The van der Waals surface area contributed by atoms with Crippen molar-refractivity contribution in [2.24, 2.45) is 0 Å². The molecule has 1 saturated carbocycles. The van der Waals surface area contributed by atoms with Gasteiger partial charge in [-0.3, -0.25) is 9.69 Å². The van der Waals surface area contributed by atoms with Crippen LogP contribution in [0.5, 0.6) is 0 Å². The second-order valence-corrected chi connectivity index (χ2v) is 9.88. The summed E-state index contributed by atoms with van der Waals surface area (Å²) in [4.78, 5) is 18.6. The maximum absolute atomic E-state index is 13.2. The first-order chi connectivity index (χ1) is 17.0. The predicted octanol–water partition coefficient (Wildman–Crippen LogP) is 5.40. The highest BCUT2D eigenvalue weighted by molar-refractivity contribution is 5.80. The molecular formula is C28H34N6O. The second kappa shape index (κ2) is 10.1. The highest BCUT2D eigenvalue weighted by atomic mass is 16.1. The lowest BCUT2D eigenvalue weighted by atomic mass is 10.0. The molecule has 1 unspecified atom stereocenters. The van der Waals surface area contributed by atoms with Crippen LogP contribution < -0.4 is 5.56 Å². The van der Waals surface area contributed by atoms with Crippen molar-refractivity contribution in [3.63, 3.8) is 0 Å². The van der Waals surface area contributed by atoms with E-state index in [1.165, 1.54) is 29.5 Å². The molecule has 1 atom stereocenters. The largest absolute Gasteiger partial charge is 0.322 e. The predicted molar refractivity (Wildman–Crippen MR) is 138 cm³/mol. The van der Waals surface area contributed by atoms with Gasteiger partial charge in [0.2, 0.25) is 0 Å². The van der Waals surface area contributed by atoms with E-state index in [0.717, 1.165) is 41.6 Å². The molecule has 0 aliphatic heterocycles. The Labute approximate surface area is 206 Å². The lowest BCUT2D eigenvalue weighted by Crippen LogP contribution is -2.32. The molecule has 0 spiro atoms. The fraction of sp³-hybridized carbons (Fsp3) is 0.429. The van der Waals surface area contributed by atoms with E-state index in [0.29, 0.717) is 19.1 Å². The summed E-state index contributed by atoms with van der Waals surface area (Å²) in [6.45, 7) is 7.58. The number of aromatic amines is 1. The average Bonchev–Trinajstić information content (AvgIpc) is 3.54. The Hall–Kier alpha value is -3.32. The van der Waals surface area contributed by atoms with Crippen molar-refractivity contribution in [1.29, 1.82) is 0 Å². The number of aromatic nitrogens is 5. The van der Waals surface area contributed by atoms with Crippen LogP contribution in [0.3, 0.4) is 0 Å². The summed E-state index contributed by atoms with van der Waals surface area (Å²) in [5.41, 5.74) is 5.21. The zero-order chi connectivity index (χ0) is 24.4. The first-order valence-corrected chi connectivity index (χ1v) is 12.7. The van der Waals surface area contributed by atoms with Gasteiger partial charge in [-0.2, -0.15) is 0 Å². The van der Waals surface area contributed by atoms with Gasteiger partial charge in [-0.1, -0.05) is 50.1 Å². The molecule has 35 heavy (non-hydrogen) atoms. The summed E-state index contributed by atoms with van der Waals surface area (Å²) in [7, 11) is 0. The summed E-state index contributed by atoms with van der Waals surface area (Å²) in [5, 5.41) is 14.0. The van der Waals surface area contributed by atoms with E-state index in [1.807, 2.05) is 12.1 Å². The van der Waals surface area contributed by atoms with Crippen LogP contribution in [-0.4, -0.2) is 30.1 Å². The number of H-pyrrole nitrogens is 1. The number of hydrogen-bond acceptors (Lipinski definition) is 5. The van der Waals surface area contributed by atoms with E-state index >= 15 is 0 Å². The summed E-state index contributed by atoms with van der Waals surface area (Å²) in [6, 6.07) is 17.0. The van der Waals surface area contributed by atoms with Crippen LogP contribution in [0.15, 0.2) is 53.3 Å². The van der Waals surface area contributed by atoms with Crippen molar-refractivity contribution in [2.45, 2.75) is 78.0 Å². The molecule has 1 fully saturated rings. The molecule has 2 heterocycles. The van der Waals surface area contributed by atoms with Crippen LogP contribution in [-0.2, 0) is 13.1 Å². The third kappa shape index (κ3) is 4.91. The molecule has 0 saturated heterocycles. The SMILES string of the molecule is CCC(c1nnnn1C1CCCC1)N(Cc1ccccc1)Cc1cc2cc(C)c(C)cc2[nH]c1=O. The summed E-state index contributed by atoms with van der Waals surface area (Å²) >= 11 is 0. The van der Waals surface area contributed by atoms with Gasteiger partial charge >= 0.3 is 0 Å². The molecule has 0 radical (unpaired) electrons. The van der Waals surface area contributed by atoms with Gasteiger partial charge < -0.3 is 4.98 Å². The van der Waals surface area contributed by atoms with Gasteiger partial charge in [-0.15, -0.1) is 5.10 Å². The number of rotatable bonds is 8. The second-order valence-electron chi connectivity index (χ2n) is 9.88. The summed E-state index contributed by atoms with van der Waals surface area (Å²) in [6.07, 6.45) is 5.54. The van der Waals surface area contributed by atoms with Crippen LogP contribution in [0.1, 0.15) is 79.2 Å². The van der Waals surface area contributed by atoms with Crippen molar-refractivity contribution in [3.8, 4) is 0 Å². The van der Waals surface area contributed by atoms with E-state index in [2.05, 4.69) is 87.3 Å². The molecule has 5 rings (SSSR count). The molecule has 0 amide bonds. The minimum Gasteiger partial charge on any atom is -0.322 e. The third-order valence-electron chi connectivity index (χ3n) is 7.45. The normalized spacial score (nSPS) is 15.3. The van der Waals surface area contributed by atoms with Gasteiger partial charge in [-0.25, -0.2) is 4.68 Å². The van der Waals surface area contributed by atoms with E-state index in [4.69, 9.17) is 0 Å². The number of benzene rings is 2. The number of nitrogens with zero attached hydrogens (tertiary/aromatic N) is 5. The van der Waals surface area contributed by atoms with Crippen LogP contribution in [0.25, 0.3) is 10.9 Å². The number of fused-ring (bicyclic) bond motifs is 1. The maximum Gasteiger partial charge on any atom is 0.252 e. The minimum absolute atomic E-state index is 0.000608. The zero-order valence-corrected chi connectivity index (χ0v) is 20.9. The average molecular weight is 471 g/mol. The van der Waals surface area contributed by atoms with Gasteiger partial charge in [0.25, 0.3) is 5.56 Å². The summed E-state index contributed by atoms with van der Waals surface area (Å²) < 4.78 is 2.05. The number of nitrogens with one attached hydrogen (secondary N) is 1. The van der Waals surface area contributed by atoms with E-state index in [-0.39, 0.29) is 11.6 Å². The third-order valence-corrected chi connectivity index (χ3v) is 7.45. The first-order valence-electron chi connectivity index (χ1n) is 12.7. The Morgan fingerprint density at radius 2 is 1.80 bits per heavy atom. The lowest BCUT2D eigenvalue weighted by molar-refractivity contribution is 0.158. The highest BCUT2D eigenvalue weighted by Gasteiger charge is 2.29. The quantitative estimate of drug-likeness (QED) is 0.373. The fourth-order valence-corrected chi connectivity index (χ4v) is 5.39. The van der Waals surface area contributed by atoms with Crippen LogP contribution in [0, 0.1) is 13.8 Å². The van der Waals surface area contributed by atoms with Crippen LogP contribution in [0.2, 0.25) is 0 Å². The van der Waals surface area contributed by atoms with Crippen LogP contribution in [0.4, 0.5) is 0 Å². The van der Waals surface area contributed by atoms with E-state index in [1.54, 1.807) is 0 Å².